The molecule has 188 valence electrons. The molecule has 10 heteroatoms. The number of benzene rings is 1. The molecule has 2 aliphatic rings. The number of nitrogens with one attached hydrogen (secondary N) is 2. The van der Waals surface area contributed by atoms with Crippen molar-refractivity contribution < 1.29 is 19.1 Å². The summed E-state index contributed by atoms with van der Waals surface area (Å²) < 4.78 is 12.3. The Bertz CT molecular complexity index is 1180. The van der Waals surface area contributed by atoms with Crippen LogP contribution in [-0.2, 0) is 22.7 Å². The number of methoxy groups -OCH3 is 1. The first-order valence-corrected chi connectivity index (χ1v) is 12.2. The molecule has 1 atom stereocenters. The van der Waals surface area contributed by atoms with Gasteiger partial charge in [-0.05, 0) is 49.0 Å². The molecule has 2 aromatic heterocycles. The zero-order valence-corrected chi connectivity index (χ0v) is 20.2. The Morgan fingerprint density at radius 1 is 1.08 bits per heavy atom. The van der Waals surface area contributed by atoms with Gasteiger partial charge in [-0.2, -0.15) is 5.10 Å². The maximum absolute atomic E-state index is 13.4. The maximum atomic E-state index is 13.4. The minimum absolute atomic E-state index is 0.105. The van der Waals surface area contributed by atoms with E-state index in [0.29, 0.717) is 35.6 Å². The van der Waals surface area contributed by atoms with Crippen LogP contribution in [0.2, 0.25) is 0 Å². The van der Waals surface area contributed by atoms with Crippen LogP contribution in [0.15, 0.2) is 55.1 Å². The van der Waals surface area contributed by atoms with Crippen LogP contribution in [0.3, 0.4) is 0 Å². The number of hydrogen-bond acceptors (Lipinski definition) is 7. The van der Waals surface area contributed by atoms with Crippen LogP contribution in [0.5, 0.6) is 5.88 Å². The molecule has 2 aliphatic carbocycles. The quantitative estimate of drug-likeness (QED) is 0.423. The average Bonchev–Trinajstić information content (AvgIpc) is 3.84. The van der Waals surface area contributed by atoms with E-state index in [4.69, 9.17) is 9.47 Å². The molecule has 2 saturated carbocycles. The van der Waals surface area contributed by atoms with Crippen LogP contribution < -0.4 is 15.4 Å². The van der Waals surface area contributed by atoms with Gasteiger partial charge in [-0.15, -0.1) is 0 Å². The van der Waals surface area contributed by atoms with E-state index in [1.165, 1.54) is 7.11 Å². The number of rotatable bonds is 11. The number of hydrogen-bond donors (Lipinski definition) is 2. The number of anilines is 1. The molecule has 0 bridgehead atoms. The van der Waals surface area contributed by atoms with Crippen LogP contribution >= 0.6 is 0 Å². The second-order valence-corrected chi connectivity index (χ2v) is 9.36. The van der Waals surface area contributed by atoms with Gasteiger partial charge in [-0.25, -0.2) is 9.78 Å². The van der Waals surface area contributed by atoms with Crippen LogP contribution in [0.25, 0.3) is 0 Å². The molecule has 0 saturated heterocycles. The number of nitrogens with zero attached hydrogens (tertiary/aromatic N) is 4. The van der Waals surface area contributed by atoms with E-state index >= 15 is 0 Å². The van der Waals surface area contributed by atoms with E-state index in [1.807, 2.05) is 30.3 Å². The van der Waals surface area contributed by atoms with Crippen molar-refractivity contribution in [2.75, 3.05) is 12.4 Å². The summed E-state index contributed by atoms with van der Waals surface area (Å²) >= 11 is 0. The zero-order valence-electron chi connectivity index (χ0n) is 20.2. The fourth-order valence-electron chi connectivity index (χ4n) is 4.64. The second-order valence-electron chi connectivity index (χ2n) is 9.36. The van der Waals surface area contributed by atoms with Crippen molar-refractivity contribution in [2.24, 2.45) is 17.8 Å². The fraction of sp³-hybridized carbons (Fsp3) is 0.423. The Morgan fingerprint density at radius 3 is 2.50 bits per heavy atom. The highest BCUT2D eigenvalue weighted by molar-refractivity contribution is 5.96. The van der Waals surface area contributed by atoms with Crippen molar-refractivity contribution in [3.8, 4) is 5.88 Å². The van der Waals surface area contributed by atoms with E-state index in [9.17, 15) is 9.59 Å². The largest absolute Gasteiger partial charge is 0.480 e. The van der Waals surface area contributed by atoms with E-state index in [2.05, 4.69) is 25.7 Å². The van der Waals surface area contributed by atoms with E-state index < -0.39 is 12.1 Å². The lowest BCUT2D eigenvalue weighted by Gasteiger charge is -2.27. The van der Waals surface area contributed by atoms with E-state index in [-0.39, 0.29) is 18.4 Å². The number of aromatic nitrogens is 4. The lowest BCUT2D eigenvalue weighted by molar-refractivity contribution is -0.119. The number of amides is 2. The standard InChI is InChI=1S/C26H30N6O4/c1-35-25-21(27-11-12-28-25)15-32-14-20(13-29-32)30-24(33)23(22(18-7-8-18)19-9-10-19)31-26(34)36-16-17-5-3-2-4-6-17/h2-6,11-14,18-19,22-23H,7-10,15-16H2,1H3,(H,30,33)(H,31,34). The molecule has 3 aromatic rings. The van der Waals surface area contributed by atoms with Crippen LogP contribution in [0.4, 0.5) is 10.5 Å². The second kappa shape index (κ2) is 10.8. The van der Waals surface area contributed by atoms with E-state index in [0.717, 1.165) is 31.2 Å². The highest BCUT2D eigenvalue weighted by Gasteiger charge is 2.48. The topological polar surface area (TPSA) is 120 Å². The smallest absolute Gasteiger partial charge is 0.408 e. The summed E-state index contributed by atoms with van der Waals surface area (Å²) in [6.07, 6.45) is 10.2. The third-order valence-electron chi connectivity index (χ3n) is 6.63. The third-order valence-corrected chi connectivity index (χ3v) is 6.63. The predicted octanol–water partition coefficient (Wildman–Crippen LogP) is 3.40. The number of carbonyl (C=O) groups excluding carboxylic acids is 2. The van der Waals surface area contributed by atoms with Crippen molar-refractivity contribution in [1.82, 2.24) is 25.1 Å². The molecule has 0 radical (unpaired) electrons. The maximum Gasteiger partial charge on any atom is 0.408 e. The normalized spacial score (nSPS) is 15.8. The Morgan fingerprint density at radius 2 is 1.81 bits per heavy atom. The summed E-state index contributed by atoms with van der Waals surface area (Å²) in [4.78, 5) is 34.6. The molecule has 2 heterocycles. The lowest BCUT2D eigenvalue weighted by atomic mass is 9.89. The van der Waals surface area contributed by atoms with Crippen LogP contribution in [0, 0.1) is 17.8 Å². The van der Waals surface area contributed by atoms with Crippen molar-refractivity contribution in [1.29, 1.82) is 0 Å². The van der Waals surface area contributed by atoms with E-state index in [1.54, 1.807) is 29.5 Å². The molecule has 1 aromatic carbocycles. The van der Waals surface area contributed by atoms with Crippen molar-refractivity contribution in [2.45, 2.75) is 44.9 Å². The van der Waals surface area contributed by atoms with Gasteiger partial charge in [0.2, 0.25) is 11.8 Å². The first-order chi connectivity index (χ1) is 17.6. The third kappa shape index (κ3) is 5.99. The van der Waals surface area contributed by atoms with Gasteiger partial charge in [0.25, 0.3) is 0 Å². The molecule has 5 rings (SSSR count). The first-order valence-electron chi connectivity index (χ1n) is 12.2. The van der Waals surface area contributed by atoms with Gasteiger partial charge in [0.15, 0.2) is 0 Å². The molecule has 0 aliphatic heterocycles. The Labute approximate surface area is 209 Å². The lowest BCUT2D eigenvalue weighted by Crippen LogP contribution is -2.50. The predicted molar refractivity (Wildman–Crippen MR) is 131 cm³/mol. The van der Waals surface area contributed by atoms with Crippen LogP contribution in [-0.4, -0.2) is 44.9 Å². The van der Waals surface area contributed by atoms with Gasteiger partial charge < -0.3 is 20.1 Å². The summed E-state index contributed by atoms with van der Waals surface area (Å²) in [5, 5.41) is 10.1. The Kier molecular flexibility index (Phi) is 7.11. The summed E-state index contributed by atoms with van der Waals surface area (Å²) in [7, 11) is 1.54. The van der Waals surface area contributed by atoms with Gasteiger partial charge in [0.1, 0.15) is 18.3 Å². The molecular formula is C26H30N6O4. The van der Waals surface area contributed by atoms with Gasteiger partial charge >= 0.3 is 6.09 Å². The molecule has 2 fully saturated rings. The molecule has 1 unspecified atom stereocenters. The SMILES string of the molecule is COc1nccnc1Cn1cc(NC(=O)C(NC(=O)OCc2ccccc2)C(C2CC2)C2CC2)cn1. The molecule has 2 amide bonds. The Hall–Kier alpha value is -3.95. The fourth-order valence-corrected chi connectivity index (χ4v) is 4.64. The van der Waals surface area contributed by atoms with Gasteiger partial charge in [0.05, 0.1) is 25.5 Å². The number of alkyl carbamates (subject to hydrolysis) is 1. The number of carbonyl (C=O) groups is 2. The molecular weight excluding hydrogens is 460 g/mol. The van der Waals surface area contributed by atoms with Crippen LogP contribution in [0.1, 0.15) is 36.9 Å². The van der Waals surface area contributed by atoms with Crippen molar-refractivity contribution in [3.63, 3.8) is 0 Å². The summed E-state index contributed by atoms with van der Waals surface area (Å²) in [5.41, 5.74) is 2.06. The summed E-state index contributed by atoms with van der Waals surface area (Å²) in [6, 6.07) is 8.81. The minimum atomic E-state index is -0.670. The molecule has 36 heavy (non-hydrogen) atoms. The molecule has 0 spiro atoms. The average molecular weight is 491 g/mol. The monoisotopic (exact) mass is 490 g/mol. The Balaban J connectivity index is 1.25. The van der Waals surface area contributed by atoms with Crippen molar-refractivity contribution >= 4 is 17.7 Å². The first kappa shape index (κ1) is 23.8. The molecule has 10 nitrogen and oxygen atoms in total. The minimum Gasteiger partial charge on any atom is -0.480 e. The highest BCUT2D eigenvalue weighted by Crippen LogP contribution is 2.50. The summed E-state index contributed by atoms with van der Waals surface area (Å²) in [5.74, 6) is 1.18. The summed E-state index contributed by atoms with van der Waals surface area (Å²) in [6.45, 7) is 0.490. The zero-order chi connectivity index (χ0) is 24.9. The van der Waals surface area contributed by atoms with Crippen molar-refractivity contribution in [3.05, 3.63) is 66.4 Å². The highest BCUT2D eigenvalue weighted by atomic mass is 16.5. The van der Waals surface area contributed by atoms with Gasteiger partial charge in [0, 0.05) is 18.6 Å². The van der Waals surface area contributed by atoms with Gasteiger partial charge in [-0.1, -0.05) is 30.3 Å². The number of ether oxygens (including phenoxy) is 2. The molecule has 2 N–H and O–H groups in total. The van der Waals surface area contributed by atoms with Gasteiger partial charge in [-0.3, -0.25) is 14.5 Å².